The normalized spacial score (nSPS) is 16.1. The van der Waals surface area contributed by atoms with E-state index in [9.17, 15) is 0 Å². The first kappa shape index (κ1) is 12.4. The molecule has 0 saturated heterocycles. The van der Waals surface area contributed by atoms with Crippen LogP contribution in [0, 0.1) is 5.92 Å². The minimum atomic E-state index is 0.538. The first-order valence-corrected chi connectivity index (χ1v) is 6.45. The van der Waals surface area contributed by atoms with Crippen LogP contribution in [0.2, 0.25) is 0 Å². The van der Waals surface area contributed by atoms with E-state index in [2.05, 4.69) is 30.4 Å². The minimum absolute atomic E-state index is 0.538. The Morgan fingerprint density at radius 3 is 3.18 bits per heavy atom. The van der Waals surface area contributed by atoms with Crippen molar-refractivity contribution in [3.05, 3.63) is 29.3 Å². The van der Waals surface area contributed by atoms with E-state index in [1.54, 1.807) is 0 Å². The molecule has 0 spiro atoms. The molecule has 0 aliphatic carbocycles. The van der Waals surface area contributed by atoms with Gasteiger partial charge in [0.15, 0.2) is 0 Å². The third-order valence-corrected chi connectivity index (χ3v) is 3.20. The minimum Gasteiger partial charge on any atom is -0.493 e. The summed E-state index contributed by atoms with van der Waals surface area (Å²) < 4.78 is 5.60. The van der Waals surface area contributed by atoms with Gasteiger partial charge in [-0.05, 0) is 49.0 Å². The molecule has 3 heteroatoms. The molecule has 17 heavy (non-hydrogen) atoms. The van der Waals surface area contributed by atoms with Crippen molar-refractivity contribution in [3.8, 4) is 5.75 Å². The van der Waals surface area contributed by atoms with Crippen molar-refractivity contribution in [3.63, 3.8) is 0 Å². The number of rotatable bonds is 5. The van der Waals surface area contributed by atoms with Gasteiger partial charge in [-0.1, -0.05) is 19.1 Å². The van der Waals surface area contributed by atoms with Gasteiger partial charge in [-0.3, -0.25) is 0 Å². The van der Waals surface area contributed by atoms with Crippen molar-refractivity contribution in [2.45, 2.75) is 26.3 Å². The number of nitrogens with one attached hydrogen (secondary N) is 1. The smallest absolute Gasteiger partial charge is 0.122 e. The van der Waals surface area contributed by atoms with Crippen LogP contribution < -0.4 is 15.8 Å². The number of hydrogen-bond acceptors (Lipinski definition) is 3. The molecule has 3 nitrogen and oxygen atoms in total. The lowest BCUT2D eigenvalue weighted by atomic mass is 10.0. The molecule has 1 aliphatic heterocycles. The van der Waals surface area contributed by atoms with Gasteiger partial charge in [-0.2, -0.15) is 0 Å². The molecule has 0 radical (unpaired) electrons. The Morgan fingerprint density at radius 1 is 1.47 bits per heavy atom. The fourth-order valence-corrected chi connectivity index (χ4v) is 2.07. The third kappa shape index (κ3) is 3.45. The summed E-state index contributed by atoms with van der Waals surface area (Å²) in [7, 11) is 0. The summed E-state index contributed by atoms with van der Waals surface area (Å²) in [4.78, 5) is 0. The second-order valence-electron chi connectivity index (χ2n) is 4.87. The van der Waals surface area contributed by atoms with Crippen LogP contribution in [0.1, 0.15) is 24.5 Å². The lowest BCUT2D eigenvalue weighted by Crippen LogP contribution is -2.25. The summed E-state index contributed by atoms with van der Waals surface area (Å²) in [5.41, 5.74) is 8.27. The Bertz CT molecular complexity index is 365. The zero-order chi connectivity index (χ0) is 12.1. The van der Waals surface area contributed by atoms with Crippen molar-refractivity contribution < 1.29 is 4.74 Å². The van der Waals surface area contributed by atoms with E-state index in [1.165, 1.54) is 11.1 Å². The predicted molar refractivity (Wildman–Crippen MR) is 70.2 cm³/mol. The van der Waals surface area contributed by atoms with E-state index >= 15 is 0 Å². The van der Waals surface area contributed by atoms with Crippen molar-refractivity contribution in [2.75, 3.05) is 19.7 Å². The highest BCUT2D eigenvalue weighted by Gasteiger charge is 2.10. The van der Waals surface area contributed by atoms with Gasteiger partial charge >= 0.3 is 0 Å². The summed E-state index contributed by atoms with van der Waals surface area (Å²) in [6.45, 7) is 5.65. The average Bonchev–Trinajstić information content (AvgIpc) is 2.38. The second kappa shape index (κ2) is 6.03. The quantitative estimate of drug-likeness (QED) is 0.815. The number of hydrogen-bond donors (Lipinski definition) is 2. The molecule has 1 atom stereocenters. The Labute approximate surface area is 103 Å². The monoisotopic (exact) mass is 234 g/mol. The fourth-order valence-electron chi connectivity index (χ4n) is 2.07. The van der Waals surface area contributed by atoms with Crippen molar-refractivity contribution in [1.29, 1.82) is 0 Å². The van der Waals surface area contributed by atoms with Gasteiger partial charge in [0, 0.05) is 6.54 Å². The van der Waals surface area contributed by atoms with Gasteiger partial charge in [0.1, 0.15) is 5.75 Å². The third-order valence-electron chi connectivity index (χ3n) is 3.20. The van der Waals surface area contributed by atoms with E-state index in [-0.39, 0.29) is 0 Å². The molecule has 1 heterocycles. The molecule has 0 amide bonds. The first-order chi connectivity index (χ1) is 8.29. The molecule has 1 unspecified atom stereocenters. The maximum absolute atomic E-state index is 5.60. The lowest BCUT2D eigenvalue weighted by molar-refractivity contribution is 0.288. The summed E-state index contributed by atoms with van der Waals surface area (Å²) >= 11 is 0. The molecule has 94 valence electrons. The maximum atomic E-state index is 5.60. The Morgan fingerprint density at radius 2 is 2.35 bits per heavy atom. The lowest BCUT2D eigenvalue weighted by Gasteiger charge is -2.18. The van der Waals surface area contributed by atoms with Crippen LogP contribution in [-0.2, 0) is 13.0 Å². The number of ether oxygens (including phenoxy) is 1. The van der Waals surface area contributed by atoms with Gasteiger partial charge in [0.2, 0.25) is 0 Å². The summed E-state index contributed by atoms with van der Waals surface area (Å²) in [6.07, 6.45) is 2.27. The average molecular weight is 234 g/mol. The van der Waals surface area contributed by atoms with Crippen molar-refractivity contribution in [2.24, 2.45) is 11.7 Å². The van der Waals surface area contributed by atoms with Gasteiger partial charge in [-0.15, -0.1) is 0 Å². The number of fused-ring (bicyclic) bond motifs is 1. The fraction of sp³-hybridized carbons (Fsp3) is 0.571. The Hall–Kier alpha value is -1.06. The van der Waals surface area contributed by atoms with E-state index in [0.717, 1.165) is 44.8 Å². The number of benzene rings is 1. The highest BCUT2D eigenvalue weighted by atomic mass is 16.5. The molecule has 0 fully saturated rings. The SMILES string of the molecule is CC(CN)CNCc1ccc2c(c1)CCCO2. The molecule has 1 aliphatic rings. The van der Waals surface area contributed by atoms with Gasteiger partial charge < -0.3 is 15.8 Å². The molecule has 2 rings (SSSR count). The maximum Gasteiger partial charge on any atom is 0.122 e. The molecule has 0 aromatic heterocycles. The molecule has 0 saturated carbocycles. The van der Waals surface area contributed by atoms with Crippen LogP contribution in [0.25, 0.3) is 0 Å². The summed E-state index contributed by atoms with van der Waals surface area (Å²) in [5.74, 6) is 1.60. The summed E-state index contributed by atoms with van der Waals surface area (Å²) in [5, 5.41) is 3.44. The molecule has 0 bridgehead atoms. The zero-order valence-corrected chi connectivity index (χ0v) is 10.5. The molecular formula is C14H22N2O. The van der Waals surface area contributed by atoms with Gasteiger partial charge in [0.25, 0.3) is 0 Å². The topological polar surface area (TPSA) is 47.3 Å². The van der Waals surface area contributed by atoms with Crippen LogP contribution in [0.15, 0.2) is 18.2 Å². The molecule has 3 N–H and O–H groups in total. The van der Waals surface area contributed by atoms with E-state index in [0.29, 0.717) is 5.92 Å². The molecule has 1 aromatic carbocycles. The highest BCUT2D eigenvalue weighted by molar-refractivity contribution is 5.38. The van der Waals surface area contributed by atoms with Crippen LogP contribution in [0.5, 0.6) is 5.75 Å². The van der Waals surface area contributed by atoms with Crippen LogP contribution in [0.3, 0.4) is 0 Å². The van der Waals surface area contributed by atoms with E-state index < -0.39 is 0 Å². The Kier molecular flexibility index (Phi) is 4.40. The zero-order valence-electron chi connectivity index (χ0n) is 10.5. The van der Waals surface area contributed by atoms with Crippen molar-refractivity contribution in [1.82, 2.24) is 5.32 Å². The van der Waals surface area contributed by atoms with Crippen molar-refractivity contribution >= 4 is 0 Å². The van der Waals surface area contributed by atoms with Gasteiger partial charge in [0.05, 0.1) is 6.61 Å². The van der Waals surface area contributed by atoms with E-state index in [1.807, 2.05) is 0 Å². The first-order valence-electron chi connectivity index (χ1n) is 6.45. The predicted octanol–water partition coefficient (Wildman–Crippen LogP) is 1.70. The standard InChI is InChI=1S/C14H22N2O/c1-11(8-15)9-16-10-12-4-5-14-13(7-12)3-2-6-17-14/h4-5,7,11,16H,2-3,6,8-10,15H2,1H3. The Balaban J connectivity index is 1.89. The van der Waals surface area contributed by atoms with Gasteiger partial charge in [-0.25, -0.2) is 0 Å². The van der Waals surface area contributed by atoms with E-state index in [4.69, 9.17) is 10.5 Å². The second-order valence-corrected chi connectivity index (χ2v) is 4.87. The number of aryl methyl sites for hydroxylation is 1. The molecular weight excluding hydrogens is 212 g/mol. The summed E-state index contributed by atoms with van der Waals surface area (Å²) in [6, 6.07) is 6.50. The van der Waals surface area contributed by atoms with Crippen LogP contribution >= 0.6 is 0 Å². The highest BCUT2D eigenvalue weighted by Crippen LogP contribution is 2.25. The number of nitrogens with two attached hydrogens (primary N) is 1. The molecule has 1 aromatic rings. The van der Waals surface area contributed by atoms with Crippen LogP contribution in [-0.4, -0.2) is 19.7 Å². The van der Waals surface area contributed by atoms with Crippen LogP contribution in [0.4, 0.5) is 0 Å². The largest absolute Gasteiger partial charge is 0.493 e.